The molecule has 2 aromatic carbocycles. The van der Waals surface area contributed by atoms with Gasteiger partial charge in [0, 0.05) is 0 Å². The lowest BCUT2D eigenvalue weighted by molar-refractivity contribution is 0.348. The van der Waals surface area contributed by atoms with Crippen LogP contribution in [0.15, 0.2) is 48.5 Å². The quantitative estimate of drug-likeness (QED) is 0.647. The van der Waals surface area contributed by atoms with Crippen molar-refractivity contribution in [3.05, 3.63) is 59.9 Å². The fourth-order valence-electron chi connectivity index (χ4n) is 3.18. The molecule has 0 spiro atoms. The maximum Gasteiger partial charge on any atom is 0.123 e. The largest absolute Gasteiger partial charge is 0.207 e. The van der Waals surface area contributed by atoms with Crippen LogP contribution in [0.4, 0.5) is 4.39 Å². The zero-order valence-corrected chi connectivity index (χ0v) is 12.0. The number of hydrogen-bond donors (Lipinski definition) is 0. The summed E-state index contributed by atoms with van der Waals surface area (Å²) in [5.41, 5.74) is 3.70. The Bertz CT molecular complexity index is 545. The van der Waals surface area contributed by atoms with E-state index in [2.05, 4.69) is 31.2 Å². The van der Waals surface area contributed by atoms with E-state index in [0.29, 0.717) is 0 Å². The fraction of sp³-hybridized carbons (Fsp3) is 0.368. The molecule has 0 nitrogen and oxygen atoms in total. The number of hydrogen-bond acceptors (Lipinski definition) is 0. The van der Waals surface area contributed by atoms with Gasteiger partial charge in [-0.15, -0.1) is 0 Å². The van der Waals surface area contributed by atoms with E-state index in [1.54, 1.807) is 0 Å². The molecule has 0 heterocycles. The van der Waals surface area contributed by atoms with Gasteiger partial charge < -0.3 is 0 Å². The molecule has 0 aliphatic heterocycles. The van der Waals surface area contributed by atoms with Gasteiger partial charge in [-0.3, -0.25) is 0 Å². The third-order valence-corrected chi connectivity index (χ3v) is 4.58. The van der Waals surface area contributed by atoms with Crippen molar-refractivity contribution in [3.63, 3.8) is 0 Å². The first-order valence-corrected chi connectivity index (χ1v) is 7.58. The van der Waals surface area contributed by atoms with Gasteiger partial charge in [0.25, 0.3) is 0 Å². The lowest BCUT2D eigenvalue weighted by atomic mass is 9.79. The molecule has 0 amide bonds. The van der Waals surface area contributed by atoms with Gasteiger partial charge in [-0.2, -0.15) is 0 Å². The van der Waals surface area contributed by atoms with E-state index in [4.69, 9.17) is 0 Å². The molecule has 0 atom stereocenters. The van der Waals surface area contributed by atoms with E-state index < -0.39 is 0 Å². The average Bonchev–Trinajstić information content (AvgIpc) is 2.49. The van der Waals surface area contributed by atoms with Crippen LogP contribution in [0.3, 0.4) is 0 Å². The molecule has 1 aliphatic carbocycles. The minimum atomic E-state index is -0.179. The van der Waals surface area contributed by atoms with E-state index in [9.17, 15) is 4.39 Å². The van der Waals surface area contributed by atoms with Gasteiger partial charge >= 0.3 is 0 Å². The normalized spacial score (nSPS) is 22.7. The second-order valence-electron chi connectivity index (χ2n) is 6.09. The molecule has 0 N–H and O–H groups in total. The highest BCUT2D eigenvalue weighted by Gasteiger charge is 2.19. The Morgan fingerprint density at radius 1 is 0.750 bits per heavy atom. The first-order valence-electron chi connectivity index (χ1n) is 7.58. The summed E-state index contributed by atoms with van der Waals surface area (Å²) in [7, 11) is 0. The summed E-state index contributed by atoms with van der Waals surface area (Å²) in [6, 6.07) is 15.6. The lowest BCUT2D eigenvalue weighted by Gasteiger charge is -2.26. The third kappa shape index (κ3) is 2.92. The molecule has 0 unspecified atom stereocenters. The van der Waals surface area contributed by atoms with E-state index >= 15 is 0 Å². The first-order chi connectivity index (χ1) is 9.72. The molecule has 1 saturated carbocycles. The Labute approximate surface area is 120 Å². The Morgan fingerprint density at radius 2 is 1.25 bits per heavy atom. The van der Waals surface area contributed by atoms with Crippen LogP contribution in [0.1, 0.15) is 44.1 Å². The Hall–Kier alpha value is -1.63. The molecule has 3 rings (SSSR count). The standard InChI is InChI=1S/C19H21F/c1-14-2-4-15(5-3-14)16-6-8-17(9-7-16)18-10-12-19(20)13-11-18/h6-15H,2-5H2,1H3/t14-,15-. The minimum Gasteiger partial charge on any atom is -0.207 e. The molecule has 0 bridgehead atoms. The third-order valence-electron chi connectivity index (χ3n) is 4.58. The summed E-state index contributed by atoms with van der Waals surface area (Å²) >= 11 is 0. The summed E-state index contributed by atoms with van der Waals surface area (Å²) in [4.78, 5) is 0. The maximum atomic E-state index is 12.9. The highest BCUT2D eigenvalue weighted by atomic mass is 19.1. The summed E-state index contributed by atoms with van der Waals surface area (Å²) in [5.74, 6) is 1.44. The molecule has 1 fully saturated rings. The topological polar surface area (TPSA) is 0 Å². The van der Waals surface area contributed by atoms with E-state index in [0.717, 1.165) is 23.0 Å². The van der Waals surface area contributed by atoms with Gasteiger partial charge in [-0.25, -0.2) is 4.39 Å². The summed E-state index contributed by atoms with van der Waals surface area (Å²) in [6.45, 7) is 2.36. The van der Waals surface area contributed by atoms with Gasteiger partial charge in [0.15, 0.2) is 0 Å². The average molecular weight is 268 g/mol. The summed E-state index contributed by atoms with van der Waals surface area (Å²) in [5, 5.41) is 0. The predicted molar refractivity (Wildman–Crippen MR) is 82.2 cm³/mol. The second-order valence-corrected chi connectivity index (χ2v) is 6.09. The van der Waals surface area contributed by atoms with Crippen LogP contribution >= 0.6 is 0 Å². The van der Waals surface area contributed by atoms with Crippen LogP contribution in [0.5, 0.6) is 0 Å². The van der Waals surface area contributed by atoms with Crippen LogP contribution in [0.25, 0.3) is 11.1 Å². The van der Waals surface area contributed by atoms with Crippen molar-refractivity contribution < 1.29 is 4.39 Å². The molecule has 0 saturated heterocycles. The van der Waals surface area contributed by atoms with Crippen molar-refractivity contribution in [2.45, 2.75) is 38.5 Å². The number of rotatable bonds is 2. The molecule has 2 aromatic rings. The zero-order valence-electron chi connectivity index (χ0n) is 12.0. The Balaban J connectivity index is 1.76. The zero-order chi connectivity index (χ0) is 13.9. The van der Waals surface area contributed by atoms with Gasteiger partial charge in [0.2, 0.25) is 0 Å². The predicted octanol–water partition coefficient (Wildman–Crippen LogP) is 5.79. The molecule has 0 radical (unpaired) electrons. The highest BCUT2D eigenvalue weighted by Crippen LogP contribution is 2.36. The molecule has 1 aliphatic rings. The van der Waals surface area contributed by atoms with E-state index in [1.807, 2.05) is 12.1 Å². The van der Waals surface area contributed by atoms with Crippen molar-refractivity contribution in [2.24, 2.45) is 5.92 Å². The van der Waals surface area contributed by atoms with Crippen LogP contribution < -0.4 is 0 Å². The van der Waals surface area contributed by atoms with Crippen LogP contribution in [0, 0.1) is 11.7 Å². The highest BCUT2D eigenvalue weighted by molar-refractivity contribution is 5.63. The second kappa shape index (κ2) is 5.78. The van der Waals surface area contributed by atoms with E-state index in [1.165, 1.54) is 43.4 Å². The van der Waals surface area contributed by atoms with Gasteiger partial charge in [0.05, 0.1) is 0 Å². The van der Waals surface area contributed by atoms with Crippen molar-refractivity contribution in [2.75, 3.05) is 0 Å². The molecular formula is C19H21F. The molecule has 1 heteroatoms. The molecule has 104 valence electrons. The van der Waals surface area contributed by atoms with Gasteiger partial charge in [-0.05, 0) is 53.5 Å². The summed E-state index contributed by atoms with van der Waals surface area (Å²) in [6.07, 6.45) is 5.34. The SMILES string of the molecule is C[C@H]1CC[C@H](c2ccc(-c3ccc(F)cc3)cc2)CC1. The van der Waals surface area contributed by atoms with Crippen molar-refractivity contribution in [3.8, 4) is 11.1 Å². The molecular weight excluding hydrogens is 247 g/mol. The number of halogens is 1. The van der Waals surface area contributed by atoms with Crippen molar-refractivity contribution >= 4 is 0 Å². The molecule has 0 aromatic heterocycles. The lowest BCUT2D eigenvalue weighted by Crippen LogP contribution is -2.10. The van der Waals surface area contributed by atoms with Crippen LogP contribution in [0.2, 0.25) is 0 Å². The minimum absolute atomic E-state index is 0.179. The van der Waals surface area contributed by atoms with Crippen LogP contribution in [-0.4, -0.2) is 0 Å². The monoisotopic (exact) mass is 268 g/mol. The Morgan fingerprint density at radius 3 is 1.80 bits per heavy atom. The molecule has 20 heavy (non-hydrogen) atoms. The van der Waals surface area contributed by atoms with Crippen LogP contribution in [-0.2, 0) is 0 Å². The van der Waals surface area contributed by atoms with E-state index in [-0.39, 0.29) is 5.82 Å². The first kappa shape index (κ1) is 13.4. The summed E-state index contributed by atoms with van der Waals surface area (Å²) < 4.78 is 12.9. The Kier molecular flexibility index (Phi) is 3.86. The fourth-order valence-corrected chi connectivity index (χ4v) is 3.18. The maximum absolute atomic E-state index is 12.9. The van der Waals surface area contributed by atoms with Gasteiger partial charge in [-0.1, -0.05) is 56.2 Å². The number of benzene rings is 2. The van der Waals surface area contributed by atoms with Crippen molar-refractivity contribution in [1.29, 1.82) is 0 Å². The van der Waals surface area contributed by atoms with Gasteiger partial charge in [0.1, 0.15) is 5.82 Å². The smallest absolute Gasteiger partial charge is 0.123 e. The van der Waals surface area contributed by atoms with Crippen molar-refractivity contribution in [1.82, 2.24) is 0 Å².